The molecule has 1 aliphatic rings. The fourth-order valence-corrected chi connectivity index (χ4v) is 2.12. The van der Waals surface area contributed by atoms with Crippen molar-refractivity contribution >= 4 is 6.21 Å². The third-order valence-corrected chi connectivity index (χ3v) is 2.95. The van der Waals surface area contributed by atoms with Crippen molar-refractivity contribution in [2.24, 2.45) is 4.99 Å². The summed E-state index contributed by atoms with van der Waals surface area (Å²) in [5, 5.41) is 0. The van der Waals surface area contributed by atoms with Gasteiger partial charge in [-0.25, -0.2) is 0 Å². The van der Waals surface area contributed by atoms with E-state index in [2.05, 4.69) is 18.0 Å². The minimum atomic E-state index is -0.279. The van der Waals surface area contributed by atoms with Crippen molar-refractivity contribution in [1.82, 2.24) is 0 Å². The highest BCUT2D eigenvalue weighted by atomic mass is 16.5. The van der Waals surface area contributed by atoms with E-state index in [1.807, 2.05) is 32.2 Å². The number of aliphatic imine (C=N–C) groups is 1. The molecule has 0 bridgehead atoms. The normalized spacial score (nSPS) is 21.8. The van der Waals surface area contributed by atoms with Gasteiger partial charge in [-0.3, -0.25) is 4.99 Å². The molecule has 0 aliphatic carbocycles. The molecule has 1 aromatic carbocycles. The van der Waals surface area contributed by atoms with Crippen molar-refractivity contribution in [3.63, 3.8) is 0 Å². The Kier molecular flexibility index (Phi) is 3.20. The summed E-state index contributed by atoms with van der Waals surface area (Å²) in [6.45, 7) is 6.15. The van der Waals surface area contributed by atoms with Crippen LogP contribution in [0.5, 0.6) is 5.75 Å². The number of ether oxygens (including phenoxy) is 2. The molecule has 1 atom stereocenters. The second-order valence-corrected chi connectivity index (χ2v) is 4.73. The van der Waals surface area contributed by atoms with Gasteiger partial charge in [-0.1, -0.05) is 19.1 Å². The SMILES string of the molecule is CCc1c(OC)cccc1C1N=CC(C)(C)O1. The maximum Gasteiger partial charge on any atom is 0.175 e. The lowest BCUT2D eigenvalue weighted by Crippen LogP contribution is -2.21. The molecular weight excluding hydrogens is 214 g/mol. The molecule has 1 unspecified atom stereocenters. The van der Waals surface area contributed by atoms with E-state index in [0.29, 0.717) is 0 Å². The van der Waals surface area contributed by atoms with Crippen molar-refractivity contribution in [1.29, 1.82) is 0 Å². The fourth-order valence-electron chi connectivity index (χ4n) is 2.12. The zero-order chi connectivity index (χ0) is 12.5. The summed E-state index contributed by atoms with van der Waals surface area (Å²) in [5.74, 6) is 0.911. The van der Waals surface area contributed by atoms with E-state index in [4.69, 9.17) is 9.47 Å². The van der Waals surface area contributed by atoms with E-state index < -0.39 is 0 Å². The lowest BCUT2D eigenvalue weighted by atomic mass is 10.0. The van der Waals surface area contributed by atoms with Crippen LogP contribution in [0.3, 0.4) is 0 Å². The second kappa shape index (κ2) is 4.49. The highest BCUT2D eigenvalue weighted by Crippen LogP contribution is 2.35. The highest BCUT2D eigenvalue weighted by Gasteiger charge is 2.30. The van der Waals surface area contributed by atoms with Crippen LogP contribution in [-0.4, -0.2) is 18.9 Å². The predicted molar refractivity (Wildman–Crippen MR) is 68.8 cm³/mol. The van der Waals surface area contributed by atoms with Gasteiger partial charge in [-0.05, 0) is 26.3 Å². The molecule has 0 saturated carbocycles. The first kappa shape index (κ1) is 12.1. The van der Waals surface area contributed by atoms with Gasteiger partial charge in [0.2, 0.25) is 0 Å². The number of rotatable bonds is 3. The van der Waals surface area contributed by atoms with Crippen molar-refractivity contribution < 1.29 is 9.47 Å². The van der Waals surface area contributed by atoms with Crippen LogP contribution < -0.4 is 4.74 Å². The van der Waals surface area contributed by atoms with Gasteiger partial charge in [0, 0.05) is 17.3 Å². The van der Waals surface area contributed by atoms with Gasteiger partial charge >= 0.3 is 0 Å². The summed E-state index contributed by atoms with van der Waals surface area (Å²) in [4.78, 5) is 4.44. The number of nitrogens with zero attached hydrogens (tertiary/aromatic N) is 1. The lowest BCUT2D eigenvalue weighted by Gasteiger charge is -2.20. The maximum absolute atomic E-state index is 5.90. The summed E-state index contributed by atoms with van der Waals surface area (Å²) in [5.41, 5.74) is 2.00. The summed E-state index contributed by atoms with van der Waals surface area (Å²) >= 11 is 0. The molecule has 0 saturated heterocycles. The van der Waals surface area contributed by atoms with E-state index in [0.717, 1.165) is 17.7 Å². The standard InChI is InChI=1S/C14H19NO2/c1-5-10-11(7-6-8-12(10)16-4)13-15-9-14(2,3)17-13/h6-9,13H,5H2,1-4H3. The van der Waals surface area contributed by atoms with Crippen LogP contribution in [0, 0.1) is 0 Å². The number of benzene rings is 1. The first-order valence-electron chi connectivity index (χ1n) is 5.95. The Bertz CT molecular complexity index is 438. The molecule has 17 heavy (non-hydrogen) atoms. The smallest absolute Gasteiger partial charge is 0.175 e. The van der Waals surface area contributed by atoms with E-state index >= 15 is 0 Å². The molecule has 92 valence electrons. The third-order valence-electron chi connectivity index (χ3n) is 2.95. The van der Waals surface area contributed by atoms with Crippen molar-refractivity contribution in [2.45, 2.75) is 39.0 Å². The van der Waals surface area contributed by atoms with Crippen LogP contribution >= 0.6 is 0 Å². The highest BCUT2D eigenvalue weighted by molar-refractivity contribution is 5.69. The lowest BCUT2D eigenvalue weighted by molar-refractivity contribution is -0.00222. The summed E-state index contributed by atoms with van der Waals surface area (Å²) in [7, 11) is 1.70. The molecule has 0 fully saturated rings. The summed E-state index contributed by atoms with van der Waals surface area (Å²) < 4.78 is 11.3. The molecule has 1 aromatic rings. The zero-order valence-corrected chi connectivity index (χ0v) is 10.9. The Balaban J connectivity index is 2.37. The molecular formula is C14H19NO2. The van der Waals surface area contributed by atoms with E-state index in [1.54, 1.807) is 7.11 Å². The molecule has 3 nitrogen and oxygen atoms in total. The van der Waals surface area contributed by atoms with Gasteiger partial charge < -0.3 is 9.47 Å². The maximum atomic E-state index is 5.90. The van der Waals surface area contributed by atoms with Crippen molar-refractivity contribution in [2.75, 3.05) is 7.11 Å². The van der Waals surface area contributed by atoms with Gasteiger partial charge in [-0.15, -0.1) is 0 Å². The summed E-state index contributed by atoms with van der Waals surface area (Å²) in [6, 6.07) is 6.02. The van der Waals surface area contributed by atoms with Crippen LogP contribution in [0.4, 0.5) is 0 Å². The molecule has 1 heterocycles. The van der Waals surface area contributed by atoms with E-state index in [-0.39, 0.29) is 11.8 Å². The Morgan fingerprint density at radius 3 is 2.71 bits per heavy atom. The molecule has 0 spiro atoms. The van der Waals surface area contributed by atoms with Gasteiger partial charge in [-0.2, -0.15) is 0 Å². The van der Waals surface area contributed by atoms with Gasteiger partial charge in [0.25, 0.3) is 0 Å². The Morgan fingerprint density at radius 2 is 2.18 bits per heavy atom. The molecule has 0 radical (unpaired) electrons. The van der Waals surface area contributed by atoms with E-state index in [9.17, 15) is 0 Å². The Labute approximate surface area is 102 Å². The predicted octanol–water partition coefficient (Wildman–Crippen LogP) is 3.14. The second-order valence-electron chi connectivity index (χ2n) is 4.73. The molecule has 0 amide bonds. The van der Waals surface area contributed by atoms with E-state index in [1.165, 1.54) is 5.56 Å². The summed E-state index contributed by atoms with van der Waals surface area (Å²) in [6.07, 6.45) is 2.58. The zero-order valence-electron chi connectivity index (χ0n) is 10.9. The molecule has 3 heteroatoms. The molecule has 2 rings (SSSR count). The minimum Gasteiger partial charge on any atom is -0.496 e. The van der Waals surface area contributed by atoms with Gasteiger partial charge in [0.1, 0.15) is 11.4 Å². The number of hydrogen-bond donors (Lipinski definition) is 0. The van der Waals surface area contributed by atoms with Crippen LogP contribution in [0.25, 0.3) is 0 Å². The van der Waals surface area contributed by atoms with Crippen molar-refractivity contribution in [3.05, 3.63) is 29.3 Å². The fraction of sp³-hybridized carbons (Fsp3) is 0.500. The number of methoxy groups -OCH3 is 1. The molecule has 1 aliphatic heterocycles. The topological polar surface area (TPSA) is 30.8 Å². The Hall–Kier alpha value is -1.35. The third kappa shape index (κ3) is 2.34. The van der Waals surface area contributed by atoms with Crippen LogP contribution in [-0.2, 0) is 11.2 Å². The van der Waals surface area contributed by atoms with Gasteiger partial charge in [0.05, 0.1) is 7.11 Å². The van der Waals surface area contributed by atoms with Crippen LogP contribution in [0.15, 0.2) is 23.2 Å². The van der Waals surface area contributed by atoms with Crippen molar-refractivity contribution in [3.8, 4) is 5.75 Å². The van der Waals surface area contributed by atoms with Crippen LogP contribution in [0.1, 0.15) is 38.1 Å². The average molecular weight is 233 g/mol. The van der Waals surface area contributed by atoms with Crippen LogP contribution in [0.2, 0.25) is 0 Å². The monoisotopic (exact) mass is 233 g/mol. The first-order valence-corrected chi connectivity index (χ1v) is 5.95. The van der Waals surface area contributed by atoms with Gasteiger partial charge in [0.15, 0.2) is 6.23 Å². The average Bonchev–Trinajstić information content (AvgIpc) is 2.68. The molecule has 0 N–H and O–H groups in total. The Morgan fingerprint density at radius 1 is 1.41 bits per heavy atom. The minimum absolute atomic E-state index is 0.199. The largest absolute Gasteiger partial charge is 0.496 e. The number of hydrogen-bond acceptors (Lipinski definition) is 3. The quantitative estimate of drug-likeness (QED) is 0.803. The molecule has 0 aromatic heterocycles. The first-order chi connectivity index (χ1) is 8.07.